The van der Waals surface area contributed by atoms with Gasteiger partial charge in [-0.1, -0.05) is 0 Å². The second kappa shape index (κ2) is 8.00. The molecule has 2 heterocycles. The van der Waals surface area contributed by atoms with Gasteiger partial charge in [0.2, 0.25) is 10.0 Å². The number of hydrogen-bond acceptors (Lipinski definition) is 5. The van der Waals surface area contributed by atoms with Crippen LogP contribution in [0, 0.1) is 0 Å². The first-order valence-corrected chi connectivity index (χ1v) is 11.6. The van der Waals surface area contributed by atoms with Crippen LogP contribution in [-0.2, 0) is 16.4 Å². The van der Waals surface area contributed by atoms with E-state index in [0.29, 0.717) is 24.3 Å². The first-order chi connectivity index (χ1) is 12.8. The van der Waals surface area contributed by atoms with Crippen LogP contribution in [0.15, 0.2) is 35.0 Å². The molecule has 0 saturated heterocycles. The van der Waals surface area contributed by atoms with Gasteiger partial charge in [0.1, 0.15) is 0 Å². The van der Waals surface area contributed by atoms with Gasteiger partial charge in [0.25, 0.3) is 5.91 Å². The van der Waals surface area contributed by atoms with Crippen molar-refractivity contribution in [2.24, 2.45) is 0 Å². The molecule has 0 saturated carbocycles. The number of aryl methyl sites for hydroxylation is 1. The molecule has 146 valence electrons. The van der Waals surface area contributed by atoms with Crippen LogP contribution in [0.4, 0.5) is 5.69 Å². The Morgan fingerprint density at radius 1 is 1.33 bits per heavy atom. The third-order valence-electron chi connectivity index (χ3n) is 4.83. The summed E-state index contributed by atoms with van der Waals surface area (Å²) in [5.41, 5.74) is 3.33. The number of amides is 1. The summed E-state index contributed by atoms with van der Waals surface area (Å²) >= 11 is 1.64. The van der Waals surface area contributed by atoms with Crippen LogP contribution >= 0.6 is 11.3 Å². The van der Waals surface area contributed by atoms with Crippen LogP contribution in [0.1, 0.15) is 33.9 Å². The van der Waals surface area contributed by atoms with Crippen LogP contribution in [0.2, 0.25) is 0 Å². The van der Waals surface area contributed by atoms with Gasteiger partial charge in [-0.15, -0.1) is 0 Å². The monoisotopic (exact) mass is 407 g/mol. The maximum atomic E-state index is 12.6. The molecule has 1 atom stereocenters. The quantitative estimate of drug-likeness (QED) is 0.799. The molecule has 0 aliphatic carbocycles. The third-order valence-corrected chi connectivity index (χ3v) is 6.71. The Kier molecular flexibility index (Phi) is 5.88. The number of hydrogen-bond donors (Lipinski definition) is 1. The first kappa shape index (κ1) is 19.9. The van der Waals surface area contributed by atoms with Crippen LogP contribution in [0.3, 0.4) is 0 Å². The first-order valence-electron chi connectivity index (χ1n) is 8.84. The molecule has 1 aromatic carbocycles. The van der Waals surface area contributed by atoms with Crippen LogP contribution < -0.4 is 9.62 Å². The van der Waals surface area contributed by atoms with Crippen molar-refractivity contribution in [1.29, 1.82) is 0 Å². The number of sulfonamides is 1. The number of nitrogens with zero attached hydrogens (tertiary/aromatic N) is 2. The number of benzene rings is 1. The largest absolute Gasteiger partial charge is 0.350 e. The Hall–Kier alpha value is -1.90. The average Bonchev–Trinajstić information content (AvgIpc) is 3.14. The van der Waals surface area contributed by atoms with Crippen molar-refractivity contribution in [2.45, 2.75) is 18.9 Å². The van der Waals surface area contributed by atoms with E-state index < -0.39 is 10.0 Å². The Morgan fingerprint density at radius 3 is 2.74 bits per heavy atom. The number of nitrogens with one attached hydrogen (secondary N) is 1. The number of thiophene rings is 1. The molecule has 0 fully saturated rings. The van der Waals surface area contributed by atoms with Gasteiger partial charge in [-0.2, -0.15) is 11.3 Å². The van der Waals surface area contributed by atoms with Crippen LogP contribution in [0.25, 0.3) is 0 Å². The molecule has 0 bridgehead atoms. The Labute approximate surface area is 164 Å². The van der Waals surface area contributed by atoms with Crippen molar-refractivity contribution < 1.29 is 13.2 Å². The molecule has 1 aliphatic rings. The summed E-state index contributed by atoms with van der Waals surface area (Å²) in [5, 5.41) is 7.13. The SMILES string of the molecule is CN(C)C(CNC(=O)c1ccc2c(c1)CCCN2S(C)(=O)=O)c1ccsc1. The number of carbonyl (C=O) groups excluding carboxylic acids is 1. The molecule has 2 aromatic rings. The predicted molar refractivity (Wildman–Crippen MR) is 110 cm³/mol. The van der Waals surface area contributed by atoms with Gasteiger partial charge in [0.15, 0.2) is 0 Å². The summed E-state index contributed by atoms with van der Waals surface area (Å²) < 4.78 is 25.4. The molecule has 27 heavy (non-hydrogen) atoms. The van der Waals surface area contributed by atoms with E-state index in [1.165, 1.54) is 16.1 Å². The van der Waals surface area contributed by atoms with E-state index in [1.807, 2.05) is 25.5 Å². The van der Waals surface area contributed by atoms with E-state index in [-0.39, 0.29) is 11.9 Å². The second-order valence-electron chi connectivity index (χ2n) is 7.03. The van der Waals surface area contributed by atoms with Gasteiger partial charge in [-0.05, 0) is 73.1 Å². The van der Waals surface area contributed by atoms with Crippen molar-refractivity contribution in [2.75, 3.05) is 37.7 Å². The van der Waals surface area contributed by atoms with Crippen molar-refractivity contribution in [3.8, 4) is 0 Å². The zero-order valence-electron chi connectivity index (χ0n) is 15.8. The zero-order valence-corrected chi connectivity index (χ0v) is 17.4. The topological polar surface area (TPSA) is 69.7 Å². The Balaban J connectivity index is 1.74. The molecular weight excluding hydrogens is 382 g/mol. The molecule has 1 aromatic heterocycles. The highest BCUT2D eigenvalue weighted by molar-refractivity contribution is 7.92. The number of carbonyl (C=O) groups is 1. The third kappa shape index (κ3) is 4.51. The fourth-order valence-electron chi connectivity index (χ4n) is 3.40. The van der Waals surface area contributed by atoms with E-state index in [0.717, 1.165) is 18.4 Å². The lowest BCUT2D eigenvalue weighted by Gasteiger charge is -2.29. The smallest absolute Gasteiger partial charge is 0.251 e. The maximum Gasteiger partial charge on any atom is 0.251 e. The lowest BCUT2D eigenvalue weighted by molar-refractivity contribution is 0.0942. The molecule has 0 spiro atoms. The summed E-state index contributed by atoms with van der Waals surface area (Å²) in [7, 11) is 0.686. The summed E-state index contributed by atoms with van der Waals surface area (Å²) in [6.07, 6.45) is 2.75. The standard InChI is InChI=1S/C19H25N3O3S2/c1-21(2)18(16-8-10-26-13-16)12-20-19(23)15-6-7-17-14(11-15)5-4-9-22(17)27(3,24)25/h6-8,10-11,13,18H,4-5,9,12H2,1-3H3,(H,20,23). The highest BCUT2D eigenvalue weighted by Gasteiger charge is 2.25. The van der Waals surface area contributed by atoms with Crippen molar-refractivity contribution in [3.05, 3.63) is 51.7 Å². The molecule has 1 amide bonds. The highest BCUT2D eigenvalue weighted by Crippen LogP contribution is 2.30. The van der Waals surface area contributed by atoms with E-state index >= 15 is 0 Å². The van der Waals surface area contributed by atoms with Crippen molar-refractivity contribution >= 4 is 33.0 Å². The van der Waals surface area contributed by atoms with Gasteiger partial charge >= 0.3 is 0 Å². The van der Waals surface area contributed by atoms with E-state index in [9.17, 15) is 13.2 Å². The predicted octanol–water partition coefficient (Wildman–Crippen LogP) is 2.49. The second-order valence-corrected chi connectivity index (χ2v) is 9.72. The van der Waals surface area contributed by atoms with Gasteiger partial charge < -0.3 is 10.2 Å². The summed E-state index contributed by atoms with van der Waals surface area (Å²) in [4.78, 5) is 14.7. The van der Waals surface area contributed by atoms with Gasteiger partial charge in [0, 0.05) is 18.7 Å². The maximum absolute atomic E-state index is 12.6. The summed E-state index contributed by atoms with van der Waals surface area (Å²) in [5.74, 6) is -0.142. The zero-order chi connectivity index (χ0) is 19.6. The van der Waals surface area contributed by atoms with E-state index in [2.05, 4.69) is 21.7 Å². The molecule has 6 nitrogen and oxygen atoms in total. The number of rotatable bonds is 6. The molecule has 8 heteroatoms. The number of likely N-dealkylation sites (N-methyl/N-ethyl adjacent to an activating group) is 1. The van der Waals surface area contributed by atoms with Gasteiger partial charge in [-0.25, -0.2) is 8.42 Å². The van der Waals surface area contributed by atoms with Crippen molar-refractivity contribution in [1.82, 2.24) is 10.2 Å². The van der Waals surface area contributed by atoms with Crippen LogP contribution in [-0.4, -0.2) is 52.7 Å². The summed E-state index contributed by atoms with van der Waals surface area (Å²) in [6.45, 7) is 0.998. The fraction of sp³-hybridized carbons (Fsp3) is 0.421. The minimum absolute atomic E-state index is 0.110. The molecule has 3 rings (SSSR count). The molecular formula is C19H25N3O3S2. The normalized spacial score (nSPS) is 15.5. The van der Waals surface area contributed by atoms with Crippen LogP contribution in [0.5, 0.6) is 0 Å². The Morgan fingerprint density at radius 2 is 2.11 bits per heavy atom. The fourth-order valence-corrected chi connectivity index (χ4v) is 5.11. The molecule has 0 radical (unpaired) electrons. The average molecular weight is 408 g/mol. The van der Waals surface area contributed by atoms with Crippen molar-refractivity contribution in [3.63, 3.8) is 0 Å². The highest BCUT2D eigenvalue weighted by atomic mass is 32.2. The van der Waals surface area contributed by atoms with Gasteiger partial charge in [0.05, 0.1) is 18.0 Å². The molecule has 1 aliphatic heterocycles. The van der Waals surface area contributed by atoms with E-state index in [4.69, 9.17) is 0 Å². The minimum Gasteiger partial charge on any atom is -0.350 e. The Bertz CT molecular complexity index is 908. The minimum atomic E-state index is -3.30. The van der Waals surface area contributed by atoms with Gasteiger partial charge in [-0.3, -0.25) is 9.10 Å². The number of fused-ring (bicyclic) bond motifs is 1. The lowest BCUT2D eigenvalue weighted by Crippen LogP contribution is -2.35. The van der Waals surface area contributed by atoms with E-state index in [1.54, 1.807) is 23.5 Å². The molecule has 1 unspecified atom stereocenters. The molecule has 1 N–H and O–H groups in total. The lowest BCUT2D eigenvalue weighted by atomic mass is 10.0. The number of anilines is 1. The summed E-state index contributed by atoms with van der Waals surface area (Å²) in [6, 6.07) is 7.44.